The van der Waals surface area contributed by atoms with E-state index in [2.05, 4.69) is 15.4 Å². The third-order valence-corrected chi connectivity index (χ3v) is 2.42. The number of nitrogens with zero attached hydrogens (tertiary/aromatic N) is 3. The molecule has 2 heterocycles. The van der Waals surface area contributed by atoms with Gasteiger partial charge in [-0.1, -0.05) is 0 Å². The average molecular weight is 220 g/mol. The van der Waals surface area contributed by atoms with E-state index in [1.54, 1.807) is 10.9 Å². The Kier molecular flexibility index (Phi) is 3.05. The number of oxazole rings is 1. The molecular weight excluding hydrogens is 204 g/mol. The Bertz CT molecular complexity index is 472. The van der Waals surface area contributed by atoms with Crippen molar-refractivity contribution in [1.82, 2.24) is 20.1 Å². The van der Waals surface area contributed by atoms with E-state index in [1.807, 2.05) is 27.2 Å². The molecule has 1 N–H and O–H groups in total. The first kappa shape index (κ1) is 10.9. The first-order chi connectivity index (χ1) is 7.70. The van der Waals surface area contributed by atoms with Gasteiger partial charge in [0, 0.05) is 26.2 Å². The third-order valence-electron chi connectivity index (χ3n) is 2.42. The summed E-state index contributed by atoms with van der Waals surface area (Å²) in [6.07, 6.45) is 4.50. The van der Waals surface area contributed by atoms with Crippen molar-refractivity contribution in [2.75, 3.05) is 13.6 Å². The maximum Gasteiger partial charge on any atom is 0.196 e. The highest BCUT2D eigenvalue weighted by Crippen LogP contribution is 2.22. The molecule has 0 saturated heterocycles. The highest BCUT2D eigenvalue weighted by atomic mass is 16.4. The van der Waals surface area contributed by atoms with Crippen LogP contribution in [0.2, 0.25) is 0 Å². The predicted molar refractivity (Wildman–Crippen MR) is 61.1 cm³/mol. The van der Waals surface area contributed by atoms with Gasteiger partial charge in [0.05, 0.1) is 17.5 Å². The van der Waals surface area contributed by atoms with Gasteiger partial charge in [-0.2, -0.15) is 5.10 Å². The van der Waals surface area contributed by atoms with E-state index >= 15 is 0 Å². The number of likely N-dealkylation sites (N-methyl/N-ethyl adjacent to an activating group) is 1. The molecule has 2 aromatic rings. The normalized spacial score (nSPS) is 10.9. The molecule has 0 aliphatic carbocycles. The zero-order chi connectivity index (χ0) is 11.5. The standard InChI is InChI=1S/C11H16N4O/c1-8-9(7-15(3)14-8)10-6-13-11(16-10)4-5-12-2/h6-7,12H,4-5H2,1-3H3. The average Bonchev–Trinajstić information content (AvgIpc) is 2.82. The second kappa shape index (κ2) is 4.49. The van der Waals surface area contributed by atoms with Gasteiger partial charge >= 0.3 is 0 Å². The van der Waals surface area contributed by atoms with Crippen molar-refractivity contribution in [1.29, 1.82) is 0 Å². The molecule has 0 spiro atoms. The number of aryl methyl sites for hydroxylation is 2. The van der Waals surface area contributed by atoms with Crippen molar-refractivity contribution in [3.63, 3.8) is 0 Å². The first-order valence-electron chi connectivity index (χ1n) is 5.30. The Morgan fingerprint density at radius 3 is 2.94 bits per heavy atom. The van der Waals surface area contributed by atoms with E-state index in [-0.39, 0.29) is 0 Å². The summed E-state index contributed by atoms with van der Waals surface area (Å²) < 4.78 is 7.44. The molecule has 5 heteroatoms. The SMILES string of the molecule is CNCCc1ncc(-c2cn(C)nc2C)o1. The zero-order valence-electron chi connectivity index (χ0n) is 9.82. The lowest BCUT2D eigenvalue weighted by atomic mass is 10.2. The Morgan fingerprint density at radius 1 is 1.50 bits per heavy atom. The summed E-state index contributed by atoms with van der Waals surface area (Å²) in [5.41, 5.74) is 1.96. The van der Waals surface area contributed by atoms with Gasteiger partial charge in [0.15, 0.2) is 11.7 Å². The molecule has 16 heavy (non-hydrogen) atoms. The van der Waals surface area contributed by atoms with Crippen LogP contribution in [-0.4, -0.2) is 28.4 Å². The van der Waals surface area contributed by atoms with E-state index in [0.717, 1.165) is 35.9 Å². The molecule has 0 amide bonds. The number of aromatic nitrogens is 3. The second-order valence-corrected chi connectivity index (χ2v) is 3.77. The molecule has 0 fully saturated rings. The van der Waals surface area contributed by atoms with Crippen LogP contribution in [0.15, 0.2) is 16.8 Å². The Labute approximate surface area is 94.5 Å². The maximum absolute atomic E-state index is 5.66. The number of hydrogen-bond acceptors (Lipinski definition) is 4. The minimum Gasteiger partial charge on any atom is -0.441 e. The van der Waals surface area contributed by atoms with Crippen LogP contribution in [0, 0.1) is 6.92 Å². The minimum absolute atomic E-state index is 0.757. The van der Waals surface area contributed by atoms with Crippen LogP contribution >= 0.6 is 0 Å². The summed E-state index contributed by atoms with van der Waals surface area (Å²) >= 11 is 0. The van der Waals surface area contributed by atoms with Gasteiger partial charge in [-0.25, -0.2) is 4.98 Å². The lowest BCUT2D eigenvalue weighted by Gasteiger charge is -1.94. The van der Waals surface area contributed by atoms with E-state index in [4.69, 9.17) is 4.42 Å². The van der Waals surface area contributed by atoms with Crippen LogP contribution in [0.1, 0.15) is 11.6 Å². The molecule has 0 radical (unpaired) electrons. The molecule has 0 saturated carbocycles. The molecule has 0 unspecified atom stereocenters. The molecular formula is C11H16N4O. The minimum atomic E-state index is 0.757. The Hall–Kier alpha value is -1.62. The third kappa shape index (κ3) is 2.14. The summed E-state index contributed by atoms with van der Waals surface area (Å²) in [6.45, 7) is 2.83. The van der Waals surface area contributed by atoms with Gasteiger partial charge in [-0.15, -0.1) is 0 Å². The summed E-state index contributed by atoms with van der Waals surface area (Å²) in [6, 6.07) is 0. The largest absolute Gasteiger partial charge is 0.441 e. The van der Waals surface area contributed by atoms with Gasteiger partial charge in [-0.05, 0) is 14.0 Å². The molecule has 0 bridgehead atoms. The Morgan fingerprint density at radius 2 is 2.31 bits per heavy atom. The van der Waals surface area contributed by atoms with Crippen LogP contribution in [0.3, 0.4) is 0 Å². The highest BCUT2D eigenvalue weighted by Gasteiger charge is 2.11. The smallest absolute Gasteiger partial charge is 0.196 e. The topological polar surface area (TPSA) is 55.9 Å². The van der Waals surface area contributed by atoms with Gasteiger partial charge in [0.2, 0.25) is 0 Å². The van der Waals surface area contributed by atoms with Crippen molar-refractivity contribution in [2.24, 2.45) is 7.05 Å². The fraction of sp³-hybridized carbons (Fsp3) is 0.455. The first-order valence-corrected chi connectivity index (χ1v) is 5.30. The molecule has 2 aromatic heterocycles. The summed E-state index contributed by atoms with van der Waals surface area (Å²) in [4.78, 5) is 4.24. The summed E-state index contributed by atoms with van der Waals surface area (Å²) in [5.74, 6) is 1.55. The number of rotatable bonds is 4. The quantitative estimate of drug-likeness (QED) is 0.839. The van der Waals surface area contributed by atoms with Crippen LogP contribution in [0.25, 0.3) is 11.3 Å². The van der Waals surface area contributed by atoms with Crippen LogP contribution in [-0.2, 0) is 13.5 Å². The zero-order valence-corrected chi connectivity index (χ0v) is 9.82. The summed E-state index contributed by atoms with van der Waals surface area (Å²) in [5, 5.41) is 7.34. The molecule has 2 rings (SSSR count). The van der Waals surface area contributed by atoms with Crippen molar-refractivity contribution in [3.8, 4) is 11.3 Å². The van der Waals surface area contributed by atoms with Crippen LogP contribution < -0.4 is 5.32 Å². The number of nitrogens with one attached hydrogen (secondary N) is 1. The molecule has 86 valence electrons. The molecule has 5 nitrogen and oxygen atoms in total. The van der Waals surface area contributed by atoms with Gasteiger partial charge < -0.3 is 9.73 Å². The lowest BCUT2D eigenvalue weighted by molar-refractivity contribution is 0.500. The van der Waals surface area contributed by atoms with Crippen molar-refractivity contribution >= 4 is 0 Å². The fourth-order valence-corrected chi connectivity index (χ4v) is 1.62. The van der Waals surface area contributed by atoms with Gasteiger partial charge in [-0.3, -0.25) is 4.68 Å². The maximum atomic E-state index is 5.66. The fourth-order valence-electron chi connectivity index (χ4n) is 1.62. The van der Waals surface area contributed by atoms with E-state index < -0.39 is 0 Å². The molecule has 0 aromatic carbocycles. The molecule has 0 atom stereocenters. The van der Waals surface area contributed by atoms with Crippen LogP contribution in [0.4, 0.5) is 0 Å². The monoisotopic (exact) mass is 220 g/mol. The van der Waals surface area contributed by atoms with Crippen LogP contribution in [0.5, 0.6) is 0 Å². The van der Waals surface area contributed by atoms with Crippen molar-refractivity contribution in [2.45, 2.75) is 13.3 Å². The molecule has 0 aliphatic rings. The van der Waals surface area contributed by atoms with Crippen molar-refractivity contribution in [3.05, 3.63) is 24.0 Å². The Balaban J connectivity index is 2.21. The van der Waals surface area contributed by atoms with Gasteiger partial charge in [0.1, 0.15) is 0 Å². The second-order valence-electron chi connectivity index (χ2n) is 3.77. The number of hydrogen-bond donors (Lipinski definition) is 1. The summed E-state index contributed by atoms with van der Waals surface area (Å²) in [7, 11) is 3.81. The predicted octanol–water partition coefficient (Wildman–Crippen LogP) is 1.15. The van der Waals surface area contributed by atoms with E-state index in [9.17, 15) is 0 Å². The lowest BCUT2D eigenvalue weighted by Crippen LogP contribution is -2.10. The van der Waals surface area contributed by atoms with E-state index in [1.165, 1.54) is 0 Å². The van der Waals surface area contributed by atoms with Gasteiger partial charge in [0.25, 0.3) is 0 Å². The highest BCUT2D eigenvalue weighted by molar-refractivity contribution is 5.58. The molecule has 0 aliphatic heterocycles. The van der Waals surface area contributed by atoms with E-state index in [0.29, 0.717) is 0 Å². The van der Waals surface area contributed by atoms with Crippen molar-refractivity contribution < 1.29 is 4.42 Å².